The molecule has 0 radical (unpaired) electrons. The zero-order valence-electron chi connectivity index (χ0n) is 19.1. The van der Waals surface area contributed by atoms with Crippen LogP contribution in [0.1, 0.15) is 80.1 Å². The fourth-order valence-corrected chi connectivity index (χ4v) is 5.90. The number of carbonyl (C=O) groups excluding carboxylic acids is 1. The molecule has 1 amide bonds. The Morgan fingerprint density at radius 2 is 1.59 bits per heavy atom. The van der Waals surface area contributed by atoms with Gasteiger partial charge in [-0.15, -0.1) is 0 Å². The average Bonchev–Trinajstić information content (AvgIpc) is 3.38. The Morgan fingerprint density at radius 3 is 2.34 bits per heavy atom. The third kappa shape index (κ3) is 3.88. The number of amides is 1. The first kappa shape index (κ1) is 21.3. The molecule has 0 spiro atoms. The van der Waals surface area contributed by atoms with Crippen molar-refractivity contribution in [3.05, 3.63) is 53.1 Å². The minimum absolute atomic E-state index is 0.135. The van der Waals surface area contributed by atoms with E-state index in [9.17, 15) is 4.79 Å². The Labute approximate surface area is 190 Å². The summed E-state index contributed by atoms with van der Waals surface area (Å²) in [4.78, 5) is 12.7. The van der Waals surface area contributed by atoms with Crippen molar-refractivity contribution in [3.63, 3.8) is 0 Å². The van der Waals surface area contributed by atoms with Crippen LogP contribution in [-0.2, 0) is 9.53 Å². The van der Waals surface area contributed by atoms with Crippen LogP contribution in [-0.4, -0.2) is 26.2 Å². The summed E-state index contributed by atoms with van der Waals surface area (Å²) in [6, 6.07) is 12.1. The predicted octanol–water partition coefficient (Wildman–Crippen LogP) is 5.98. The van der Waals surface area contributed by atoms with E-state index in [0.717, 1.165) is 66.8 Å². The van der Waals surface area contributed by atoms with Gasteiger partial charge in [0.05, 0.1) is 20.3 Å². The van der Waals surface area contributed by atoms with Crippen molar-refractivity contribution in [1.29, 1.82) is 0 Å². The van der Waals surface area contributed by atoms with Crippen molar-refractivity contribution < 1.29 is 19.0 Å². The monoisotopic (exact) mass is 435 g/mol. The Balaban J connectivity index is 1.53. The number of rotatable bonds is 5. The third-order valence-electron chi connectivity index (χ3n) is 7.48. The minimum Gasteiger partial charge on any atom is -0.496 e. The fraction of sp³-hybridized carbons (Fsp3) is 0.519. The lowest BCUT2D eigenvalue weighted by molar-refractivity contribution is -0.119. The van der Waals surface area contributed by atoms with Crippen LogP contribution in [0.15, 0.2) is 36.4 Å². The van der Waals surface area contributed by atoms with Gasteiger partial charge in [-0.2, -0.15) is 0 Å². The van der Waals surface area contributed by atoms with Crippen molar-refractivity contribution >= 4 is 11.6 Å². The van der Waals surface area contributed by atoms with E-state index in [2.05, 4.69) is 17.4 Å². The van der Waals surface area contributed by atoms with Crippen LogP contribution in [0, 0.1) is 5.92 Å². The Morgan fingerprint density at radius 1 is 0.906 bits per heavy atom. The highest BCUT2D eigenvalue weighted by Crippen LogP contribution is 2.53. The largest absolute Gasteiger partial charge is 0.496 e. The summed E-state index contributed by atoms with van der Waals surface area (Å²) in [7, 11) is 3.45. The maximum Gasteiger partial charge on any atom is 0.227 e. The molecule has 2 aromatic rings. The number of ether oxygens (including phenoxy) is 3. The summed E-state index contributed by atoms with van der Waals surface area (Å²) in [6.07, 6.45) is 8.74. The summed E-state index contributed by atoms with van der Waals surface area (Å²) in [6.45, 7) is 0. The van der Waals surface area contributed by atoms with Crippen molar-refractivity contribution in [2.75, 3.05) is 19.5 Å². The second-order valence-electron chi connectivity index (χ2n) is 9.34. The van der Waals surface area contributed by atoms with Crippen LogP contribution >= 0.6 is 0 Å². The molecule has 2 aliphatic carbocycles. The molecule has 3 aliphatic rings. The topological polar surface area (TPSA) is 56.8 Å². The molecule has 5 heteroatoms. The first-order valence-electron chi connectivity index (χ1n) is 12.0. The number of fused-ring (bicyclic) bond motifs is 3. The van der Waals surface area contributed by atoms with Crippen molar-refractivity contribution in [3.8, 4) is 11.5 Å². The molecule has 5 rings (SSSR count). The zero-order valence-corrected chi connectivity index (χ0v) is 19.1. The first-order chi connectivity index (χ1) is 15.7. The molecular weight excluding hydrogens is 402 g/mol. The van der Waals surface area contributed by atoms with Gasteiger partial charge in [0, 0.05) is 28.7 Å². The van der Waals surface area contributed by atoms with Crippen LogP contribution in [0.2, 0.25) is 0 Å². The summed E-state index contributed by atoms with van der Waals surface area (Å²) >= 11 is 0. The van der Waals surface area contributed by atoms with E-state index in [-0.39, 0.29) is 24.0 Å². The van der Waals surface area contributed by atoms with E-state index in [1.165, 1.54) is 18.4 Å². The summed E-state index contributed by atoms with van der Waals surface area (Å²) in [5, 5.41) is 3.14. The predicted molar refractivity (Wildman–Crippen MR) is 125 cm³/mol. The lowest BCUT2D eigenvalue weighted by Crippen LogP contribution is -2.34. The number of carbonyl (C=O) groups is 1. The Bertz CT molecular complexity index is 982. The molecule has 2 fully saturated rings. The molecule has 0 saturated heterocycles. The highest BCUT2D eigenvalue weighted by atomic mass is 16.5. The van der Waals surface area contributed by atoms with Gasteiger partial charge in [-0.05, 0) is 55.5 Å². The smallest absolute Gasteiger partial charge is 0.227 e. The molecular formula is C27H33NO4. The Kier molecular flexibility index (Phi) is 6.09. The van der Waals surface area contributed by atoms with E-state index in [0.29, 0.717) is 5.92 Å². The SMILES string of the molecule is COc1ccc(OC)c2c1[C@H](c1cccc(NC(=O)C3CCCC3)c1)O[C@@H]1CCCC[C@@H]21. The number of hydrogen-bond acceptors (Lipinski definition) is 4. The molecule has 1 N–H and O–H groups in total. The quantitative estimate of drug-likeness (QED) is 0.628. The minimum atomic E-state index is -0.252. The normalized spacial score (nSPS) is 25.0. The highest BCUT2D eigenvalue weighted by Gasteiger charge is 2.41. The van der Waals surface area contributed by atoms with Gasteiger partial charge in [0.2, 0.25) is 5.91 Å². The lowest BCUT2D eigenvalue weighted by atomic mass is 9.75. The second kappa shape index (κ2) is 9.14. The number of hydrogen-bond donors (Lipinski definition) is 1. The maximum atomic E-state index is 12.7. The molecule has 170 valence electrons. The van der Waals surface area contributed by atoms with Gasteiger partial charge in [0.25, 0.3) is 0 Å². The summed E-state index contributed by atoms with van der Waals surface area (Å²) < 4.78 is 18.4. The molecule has 2 saturated carbocycles. The average molecular weight is 436 g/mol. The van der Waals surface area contributed by atoms with Gasteiger partial charge >= 0.3 is 0 Å². The Hall–Kier alpha value is -2.53. The maximum absolute atomic E-state index is 12.7. The van der Waals surface area contributed by atoms with Crippen LogP contribution < -0.4 is 14.8 Å². The van der Waals surface area contributed by atoms with E-state index >= 15 is 0 Å². The molecule has 32 heavy (non-hydrogen) atoms. The van der Waals surface area contributed by atoms with Gasteiger partial charge in [0.15, 0.2) is 0 Å². The van der Waals surface area contributed by atoms with Gasteiger partial charge in [-0.25, -0.2) is 0 Å². The third-order valence-corrected chi connectivity index (χ3v) is 7.48. The van der Waals surface area contributed by atoms with Crippen molar-refractivity contribution in [2.24, 2.45) is 5.92 Å². The fourth-order valence-electron chi connectivity index (χ4n) is 5.90. The van der Waals surface area contributed by atoms with Crippen molar-refractivity contribution in [1.82, 2.24) is 0 Å². The van der Waals surface area contributed by atoms with E-state index in [1.807, 2.05) is 24.3 Å². The molecule has 1 aliphatic heterocycles. The number of benzene rings is 2. The molecule has 0 unspecified atom stereocenters. The standard InChI is InChI=1S/C27H33NO4/c1-30-22-14-15-23(31-2)25-24(22)20-12-5-6-13-21(20)32-26(25)18-10-7-11-19(16-18)28-27(29)17-8-3-4-9-17/h7,10-11,14-17,20-21,26H,3-6,8-9,12-13H2,1-2H3,(H,28,29)/t20-,21-,26+/m1/s1. The van der Waals surface area contributed by atoms with E-state index in [1.54, 1.807) is 14.2 Å². The molecule has 2 aromatic carbocycles. The number of anilines is 1. The number of nitrogens with one attached hydrogen (secondary N) is 1. The summed E-state index contributed by atoms with van der Waals surface area (Å²) in [5.74, 6) is 2.34. The zero-order chi connectivity index (χ0) is 22.1. The van der Waals surface area contributed by atoms with Crippen LogP contribution in [0.25, 0.3) is 0 Å². The van der Waals surface area contributed by atoms with Crippen LogP contribution in [0.5, 0.6) is 11.5 Å². The summed E-state index contributed by atoms with van der Waals surface area (Å²) in [5.41, 5.74) is 4.16. The number of methoxy groups -OCH3 is 2. The van der Waals surface area contributed by atoms with Crippen molar-refractivity contribution in [2.45, 2.75) is 69.5 Å². The first-order valence-corrected chi connectivity index (χ1v) is 12.0. The molecule has 0 bridgehead atoms. The molecule has 0 aromatic heterocycles. The van der Waals surface area contributed by atoms with Gasteiger partial charge in [-0.3, -0.25) is 4.79 Å². The van der Waals surface area contributed by atoms with Crippen LogP contribution in [0.4, 0.5) is 5.69 Å². The molecule has 3 atom stereocenters. The second-order valence-corrected chi connectivity index (χ2v) is 9.34. The highest BCUT2D eigenvalue weighted by molar-refractivity contribution is 5.92. The lowest BCUT2D eigenvalue weighted by Gasteiger charge is -2.42. The molecule has 1 heterocycles. The van der Waals surface area contributed by atoms with Crippen LogP contribution in [0.3, 0.4) is 0 Å². The van der Waals surface area contributed by atoms with Gasteiger partial charge in [-0.1, -0.05) is 37.8 Å². The van der Waals surface area contributed by atoms with E-state index in [4.69, 9.17) is 14.2 Å². The molecule has 5 nitrogen and oxygen atoms in total. The van der Waals surface area contributed by atoms with E-state index < -0.39 is 0 Å². The van der Waals surface area contributed by atoms with Gasteiger partial charge in [0.1, 0.15) is 17.6 Å². The van der Waals surface area contributed by atoms with Gasteiger partial charge < -0.3 is 19.5 Å².